The monoisotopic (exact) mass is 394 g/mol. The molecule has 7 nitrogen and oxygen atoms in total. The summed E-state index contributed by atoms with van der Waals surface area (Å²) in [6, 6.07) is 8.22. The molecule has 3 aromatic rings. The smallest absolute Gasteiger partial charge is 0.420 e. The lowest BCUT2D eigenvalue weighted by molar-refractivity contribution is -0.137. The van der Waals surface area contributed by atoms with Crippen molar-refractivity contribution in [2.45, 2.75) is 12.7 Å². The highest BCUT2D eigenvalue weighted by molar-refractivity contribution is 5.94. The zero-order valence-electron chi connectivity index (χ0n) is 14.4. The molecule has 0 saturated heterocycles. The molecule has 0 aliphatic carbocycles. The molecule has 0 spiro atoms. The highest BCUT2D eigenvalue weighted by atomic mass is 19.4. The summed E-state index contributed by atoms with van der Waals surface area (Å²) in [7, 11) is 1.20. The lowest BCUT2D eigenvalue weighted by Crippen LogP contribution is -2.24. The highest BCUT2D eigenvalue weighted by Crippen LogP contribution is 2.30. The number of fused-ring (bicyclic) bond motifs is 1. The second-order valence-electron chi connectivity index (χ2n) is 5.75. The van der Waals surface area contributed by atoms with Crippen molar-refractivity contribution in [2.75, 3.05) is 12.4 Å². The number of hydrogen-bond donors (Lipinski definition) is 1. The van der Waals surface area contributed by atoms with Crippen molar-refractivity contribution >= 4 is 28.7 Å². The van der Waals surface area contributed by atoms with Crippen LogP contribution in [0.1, 0.15) is 15.9 Å². The number of carbonyl (C=O) groups is 2. The molecule has 0 aliphatic heterocycles. The van der Waals surface area contributed by atoms with Crippen LogP contribution in [0.5, 0.6) is 0 Å². The third-order valence-corrected chi connectivity index (χ3v) is 3.86. The minimum atomic E-state index is -4.55. The second kappa shape index (κ2) is 7.22. The number of hydrogen-bond acceptors (Lipinski definition) is 5. The van der Waals surface area contributed by atoms with Crippen molar-refractivity contribution in [1.29, 1.82) is 0 Å². The average Bonchev–Trinajstić information content (AvgIpc) is 2.95. The molecule has 0 atom stereocenters. The molecular formula is C18H13F3N2O5. The van der Waals surface area contributed by atoms with Gasteiger partial charge in [0.1, 0.15) is 6.54 Å². The van der Waals surface area contributed by atoms with Gasteiger partial charge in [-0.05, 0) is 36.4 Å². The van der Waals surface area contributed by atoms with Crippen molar-refractivity contribution in [1.82, 2.24) is 4.57 Å². The van der Waals surface area contributed by atoms with Gasteiger partial charge in [-0.25, -0.2) is 9.59 Å². The SMILES string of the molecule is COC(=O)c1ccc2c(c1)oc(=O)n2CC(=O)Nc1cccc(C(F)(F)F)c1. The molecule has 28 heavy (non-hydrogen) atoms. The summed E-state index contributed by atoms with van der Waals surface area (Å²) in [5.74, 6) is -2.20. The fourth-order valence-corrected chi connectivity index (χ4v) is 2.58. The Bertz CT molecular complexity index is 1110. The van der Waals surface area contributed by atoms with Crippen LogP contribution in [0.15, 0.2) is 51.7 Å². The van der Waals surface area contributed by atoms with Gasteiger partial charge in [0.25, 0.3) is 0 Å². The summed E-state index contributed by atoms with van der Waals surface area (Å²) >= 11 is 0. The van der Waals surface area contributed by atoms with Gasteiger partial charge in [0, 0.05) is 5.69 Å². The molecule has 0 radical (unpaired) electrons. The first-order valence-electron chi connectivity index (χ1n) is 7.88. The number of ether oxygens (including phenoxy) is 1. The standard InChI is InChI=1S/C18H13F3N2O5/c1-27-16(25)10-5-6-13-14(7-10)28-17(26)23(13)9-15(24)22-12-4-2-3-11(8-12)18(19,20)21/h2-8H,9H2,1H3,(H,22,24). The van der Waals surface area contributed by atoms with E-state index in [9.17, 15) is 27.6 Å². The number of aromatic nitrogens is 1. The zero-order valence-corrected chi connectivity index (χ0v) is 14.4. The average molecular weight is 394 g/mol. The van der Waals surface area contributed by atoms with E-state index in [1.54, 1.807) is 0 Å². The number of halogens is 3. The van der Waals surface area contributed by atoms with Crippen molar-refractivity contribution in [3.05, 3.63) is 64.1 Å². The molecule has 1 aromatic heterocycles. The molecular weight excluding hydrogens is 381 g/mol. The van der Waals surface area contributed by atoms with E-state index in [4.69, 9.17) is 4.42 Å². The van der Waals surface area contributed by atoms with Crippen LogP contribution in [-0.4, -0.2) is 23.6 Å². The van der Waals surface area contributed by atoms with Gasteiger partial charge in [0.05, 0.1) is 23.8 Å². The molecule has 0 saturated carbocycles. The van der Waals surface area contributed by atoms with Crippen molar-refractivity contribution in [2.24, 2.45) is 0 Å². The van der Waals surface area contributed by atoms with Crippen LogP contribution < -0.4 is 11.1 Å². The lowest BCUT2D eigenvalue weighted by Gasteiger charge is -2.10. The van der Waals surface area contributed by atoms with E-state index in [0.717, 1.165) is 22.8 Å². The van der Waals surface area contributed by atoms with Gasteiger partial charge in [-0.3, -0.25) is 9.36 Å². The Labute approximate surface area is 155 Å². The van der Waals surface area contributed by atoms with Crippen LogP contribution >= 0.6 is 0 Å². The van der Waals surface area contributed by atoms with Crippen LogP contribution in [-0.2, 0) is 22.3 Å². The quantitative estimate of drug-likeness (QED) is 0.687. The molecule has 0 bridgehead atoms. The van der Waals surface area contributed by atoms with E-state index in [1.165, 1.54) is 31.4 Å². The Balaban J connectivity index is 1.83. The Kier molecular flexibility index (Phi) is 4.95. The van der Waals surface area contributed by atoms with E-state index in [2.05, 4.69) is 10.1 Å². The van der Waals surface area contributed by atoms with Gasteiger partial charge >= 0.3 is 17.9 Å². The number of nitrogens with zero attached hydrogens (tertiary/aromatic N) is 1. The fourth-order valence-electron chi connectivity index (χ4n) is 2.58. The van der Waals surface area contributed by atoms with Gasteiger partial charge in [-0.2, -0.15) is 13.2 Å². The molecule has 2 aromatic carbocycles. The van der Waals surface area contributed by atoms with Gasteiger partial charge in [-0.15, -0.1) is 0 Å². The Morgan fingerprint density at radius 3 is 2.61 bits per heavy atom. The Morgan fingerprint density at radius 1 is 1.18 bits per heavy atom. The predicted octanol–water partition coefficient (Wildman–Crippen LogP) is 3.04. The van der Waals surface area contributed by atoms with Gasteiger partial charge in [0.2, 0.25) is 5.91 Å². The number of alkyl halides is 3. The maximum atomic E-state index is 12.7. The number of carbonyl (C=O) groups excluding carboxylic acids is 2. The molecule has 0 aliphatic rings. The summed E-state index contributed by atoms with van der Waals surface area (Å²) in [6.07, 6.45) is -4.55. The number of nitrogens with one attached hydrogen (secondary N) is 1. The second-order valence-corrected chi connectivity index (χ2v) is 5.75. The molecule has 3 rings (SSSR count). The normalized spacial score (nSPS) is 11.4. The number of anilines is 1. The number of benzene rings is 2. The number of methoxy groups -OCH3 is 1. The molecule has 1 heterocycles. The lowest BCUT2D eigenvalue weighted by atomic mass is 10.2. The summed E-state index contributed by atoms with van der Waals surface area (Å²) < 4.78 is 48.8. The maximum Gasteiger partial charge on any atom is 0.420 e. The number of rotatable bonds is 4. The molecule has 1 N–H and O–H groups in total. The summed E-state index contributed by atoms with van der Waals surface area (Å²) in [4.78, 5) is 35.7. The van der Waals surface area contributed by atoms with E-state index >= 15 is 0 Å². The Hall–Kier alpha value is -3.56. The Morgan fingerprint density at radius 2 is 1.93 bits per heavy atom. The molecule has 10 heteroatoms. The van der Waals surface area contributed by atoms with Crippen LogP contribution in [0.2, 0.25) is 0 Å². The van der Waals surface area contributed by atoms with Crippen molar-refractivity contribution < 1.29 is 31.9 Å². The first-order chi connectivity index (χ1) is 13.2. The maximum absolute atomic E-state index is 12.7. The summed E-state index contributed by atoms with van der Waals surface area (Å²) in [5.41, 5.74) is -0.499. The van der Waals surface area contributed by atoms with Gasteiger partial charge in [0.15, 0.2) is 5.58 Å². The van der Waals surface area contributed by atoms with E-state index in [-0.39, 0.29) is 22.4 Å². The van der Waals surface area contributed by atoms with Crippen LogP contribution in [0.3, 0.4) is 0 Å². The highest BCUT2D eigenvalue weighted by Gasteiger charge is 2.30. The van der Waals surface area contributed by atoms with Crippen LogP contribution in [0, 0.1) is 0 Å². The fraction of sp³-hybridized carbons (Fsp3) is 0.167. The van der Waals surface area contributed by atoms with Crippen LogP contribution in [0.25, 0.3) is 11.1 Å². The third-order valence-electron chi connectivity index (χ3n) is 3.86. The largest absolute Gasteiger partial charge is 0.465 e. The minimum Gasteiger partial charge on any atom is -0.465 e. The number of oxazole rings is 1. The molecule has 1 amide bonds. The van der Waals surface area contributed by atoms with E-state index < -0.39 is 35.9 Å². The molecule has 0 unspecified atom stereocenters. The van der Waals surface area contributed by atoms with E-state index in [1.807, 2.05) is 0 Å². The van der Waals surface area contributed by atoms with Crippen molar-refractivity contribution in [3.8, 4) is 0 Å². The number of amides is 1. The molecule has 146 valence electrons. The number of esters is 1. The first kappa shape index (κ1) is 19.2. The first-order valence-corrected chi connectivity index (χ1v) is 7.88. The van der Waals surface area contributed by atoms with Gasteiger partial charge < -0.3 is 14.5 Å². The summed E-state index contributed by atoms with van der Waals surface area (Å²) in [6.45, 7) is -0.486. The third kappa shape index (κ3) is 3.90. The predicted molar refractivity (Wildman–Crippen MR) is 91.9 cm³/mol. The minimum absolute atomic E-state index is 0.0614. The van der Waals surface area contributed by atoms with Crippen molar-refractivity contribution in [3.63, 3.8) is 0 Å². The van der Waals surface area contributed by atoms with E-state index in [0.29, 0.717) is 0 Å². The molecule has 0 fully saturated rings. The summed E-state index contributed by atoms with van der Waals surface area (Å²) in [5, 5.41) is 2.31. The van der Waals surface area contributed by atoms with Crippen LogP contribution in [0.4, 0.5) is 18.9 Å². The zero-order chi connectivity index (χ0) is 20.5. The van der Waals surface area contributed by atoms with Gasteiger partial charge in [-0.1, -0.05) is 6.07 Å². The topological polar surface area (TPSA) is 90.5 Å².